The van der Waals surface area contributed by atoms with Gasteiger partial charge in [0.05, 0.1) is 0 Å². The third kappa shape index (κ3) is 2.46. The van der Waals surface area contributed by atoms with Gasteiger partial charge in [-0.3, -0.25) is 0 Å². The van der Waals surface area contributed by atoms with Crippen LogP contribution in [-0.2, 0) is 6.42 Å². The second-order valence-corrected chi connectivity index (χ2v) is 4.76. The quantitative estimate of drug-likeness (QED) is 0.749. The first-order valence-electron chi connectivity index (χ1n) is 6.65. The largest absolute Gasteiger partial charge is 0.304 e. The molecular weight excluding hydrogens is 194 g/mol. The van der Waals surface area contributed by atoms with E-state index in [1.54, 1.807) is 11.1 Å². The van der Waals surface area contributed by atoms with E-state index in [4.69, 9.17) is 0 Å². The zero-order chi connectivity index (χ0) is 11.4. The molecule has 0 aromatic heterocycles. The minimum absolute atomic E-state index is 0.805. The van der Waals surface area contributed by atoms with Crippen molar-refractivity contribution < 1.29 is 0 Å². The third-order valence-electron chi connectivity index (χ3n) is 3.91. The Morgan fingerprint density at radius 1 is 1.12 bits per heavy atom. The number of rotatable bonds is 3. The fraction of sp³-hybridized carbons (Fsp3) is 0.600. The van der Waals surface area contributed by atoms with Crippen molar-refractivity contribution in [3.63, 3.8) is 0 Å². The monoisotopic (exact) mass is 217 g/mol. The summed E-state index contributed by atoms with van der Waals surface area (Å²) in [6, 6.07) is 9.00. The van der Waals surface area contributed by atoms with E-state index < -0.39 is 0 Å². The van der Waals surface area contributed by atoms with Gasteiger partial charge in [-0.15, -0.1) is 0 Å². The third-order valence-corrected chi connectivity index (χ3v) is 3.91. The van der Waals surface area contributed by atoms with Crippen LogP contribution in [0.1, 0.15) is 43.7 Å². The summed E-state index contributed by atoms with van der Waals surface area (Å²) in [6.07, 6.45) is 3.85. The van der Waals surface area contributed by atoms with Gasteiger partial charge < -0.3 is 4.90 Å². The van der Waals surface area contributed by atoms with Gasteiger partial charge in [0.25, 0.3) is 0 Å². The first-order chi connectivity index (χ1) is 7.85. The minimum Gasteiger partial charge on any atom is -0.304 e. The molecule has 0 amide bonds. The van der Waals surface area contributed by atoms with Gasteiger partial charge in [-0.2, -0.15) is 0 Å². The fourth-order valence-corrected chi connectivity index (χ4v) is 2.81. The minimum atomic E-state index is 0.805. The highest BCUT2D eigenvalue weighted by Crippen LogP contribution is 2.30. The van der Waals surface area contributed by atoms with E-state index in [-0.39, 0.29) is 0 Å². The van der Waals surface area contributed by atoms with Gasteiger partial charge in [-0.25, -0.2) is 0 Å². The van der Waals surface area contributed by atoms with Crippen LogP contribution in [-0.4, -0.2) is 24.5 Å². The molecule has 0 N–H and O–H groups in total. The average Bonchev–Trinajstić information content (AvgIpc) is 2.39. The van der Waals surface area contributed by atoms with Crippen LogP contribution in [0.3, 0.4) is 0 Å². The van der Waals surface area contributed by atoms with Crippen molar-refractivity contribution in [2.75, 3.05) is 19.6 Å². The summed E-state index contributed by atoms with van der Waals surface area (Å²) < 4.78 is 0. The van der Waals surface area contributed by atoms with E-state index in [0.29, 0.717) is 0 Å². The van der Waals surface area contributed by atoms with Crippen LogP contribution < -0.4 is 0 Å². The Labute approximate surface area is 99.5 Å². The molecule has 0 spiro atoms. The summed E-state index contributed by atoms with van der Waals surface area (Å²) in [7, 11) is 0. The van der Waals surface area contributed by atoms with Gasteiger partial charge in [0.2, 0.25) is 0 Å². The van der Waals surface area contributed by atoms with E-state index in [2.05, 4.69) is 43.0 Å². The summed E-state index contributed by atoms with van der Waals surface area (Å²) in [5.41, 5.74) is 3.17. The van der Waals surface area contributed by atoms with Gasteiger partial charge in [-0.1, -0.05) is 38.1 Å². The SMILES string of the molecule is CCc1ccccc1C1CCN(CC)CC1. The second-order valence-electron chi connectivity index (χ2n) is 4.76. The average molecular weight is 217 g/mol. The Bertz CT molecular complexity index is 324. The highest BCUT2D eigenvalue weighted by atomic mass is 15.1. The molecular formula is C15H23N. The van der Waals surface area contributed by atoms with Crippen LogP contribution in [0.25, 0.3) is 0 Å². The maximum Gasteiger partial charge on any atom is -0.00130 e. The molecule has 1 fully saturated rings. The van der Waals surface area contributed by atoms with Gasteiger partial charge in [0.15, 0.2) is 0 Å². The van der Waals surface area contributed by atoms with E-state index in [1.807, 2.05) is 0 Å². The maximum atomic E-state index is 2.56. The zero-order valence-corrected chi connectivity index (χ0v) is 10.6. The van der Waals surface area contributed by atoms with Gasteiger partial charge in [0.1, 0.15) is 0 Å². The number of benzene rings is 1. The molecule has 1 aliphatic rings. The van der Waals surface area contributed by atoms with Crippen LogP contribution in [0.4, 0.5) is 0 Å². The molecule has 1 heterocycles. The lowest BCUT2D eigenvalue weighted by Crippen LogP contribution is -2.32. The van der Waals surface area contributed by atoms with Gasteiger partial charge in [-0.05, 0) is 55.9 Å². The molecule has 0 aliphatic carbocycles. The molecule has 1 saturated heterocycles. The number of likely N-dealkylation sites (tertiary alicyclic amines) is 1. The molecule has 2 rings (SSSR count). The summed E-state index contributed by atoms with van der Waals surface area (Å²) in [4.78, 5) is 2.56. The van der Waals surface area contributed by atoms with Crippen LogP contribution >= 0.6 is 0 Å². The lowest BCUT2D eigenvalue weighted by molar-refractivity contribution is 0.222. The Hall–Kier alpha value is -0.820. The number of hydrogen-bond donors (Lipinski definition) is 0. The normalized spacial score (nSPS) is 18.9. The molecule has 0 saturated carbocycles. The number of hydrogen-bond acceptors (Lipinski definition) is 1. The predicted octanol–water partition coefficient (Wildman–Crippen LogP) is 3.45. The van der Waals surface area contributed by atoms with Crippen LogP contribution in [0.2, 0.25) is 0 Å². The number of aryl methyl sites for hydroxylation is 1. The summed E-state index contributed by atoms with van der Waals surface area (Å²) >= 11 is 0. The highest BCUT2D eigenvalue weighted by Gasteiger charge is 2.20. The Morgan fingerprint density at radius 2 is 1.81 bits per heavy atom. The lowest BCUT2D eigenvalue weighted by atomic mass is 9.86. The van der Waals surface area contributed by atoms with E-state index in [1.165, 1.54) is 38.9 Å². The van der Waals surface area contributed by atoms with Gasteiger partial charge >= 0.3 is 0 Å². The van der Waals surface area contributed by atoms with E-state index in [9.17, 15) is 0 Å². The molecule has 0 unspecified atom stereocenters. The zero-order valence-electron chi connectivity index (χ0n) is 10.6. The second kappa shape index (κ2) is 5.49. The van der Waals surface area contributed by atoms with Crippen molar-refractivity contribution in [3.05, 3.63) is 35.4 Å². The lowest BCUT2D eigenvalue weighted by Gasteiger charge is -2.32. The summed E-state index contributed by atoms with van der Waals surface area (Å²) in [5.74, 6) is 0.805. The molecule has 16 heavy (non-hydrogen) atoms. The topological polar surface area (TPSA) is 3.24 Å². The van der Waals surface area contributed by atoms with Crippen LogP contribution in [0.5, 0.6) is 0 Å². The summed E-state index contributed by atoms with van der Waals surface area (Å²) in [5, 5.41) is 0. The number of piperidine rings is 1. The van der Waals surface area contributed by atoms with Crippen LogP contribution in [0.15, 0.2) is 24.3 Å². The molecule has 0 atom stereocenters. The van der Waals surface area contributed by atoms with Gasteiger partial charge in [0, 0.05) is 0 Å². The molecule has 88 valence electrons. The Balaban J connectivity index is 2.07. The van der Waals surface area contributed by atoms with Crippen molar-refractivity contribution in [2.24, 2.45) is 0 Å². The standard InChI is InChI=1S/C15H23N/c1-3-13-7-5-6-8-15(13)14-9-11-16(4-2)12-10-14/h5-8,14H,3-4,9-12H2,1-2H3. The summed E-state index contributed by atoms with van der Waals surface area (Å²) in [6.45, 7) is 8.29. The maximum absolute atomic E-state index is 2.56. The first kappa shape index (κ1) is 11.7. The molecule has 1 nitrogen and oxygen atoms in total. The van der Waals surface area contributed by atoms with Crippen molar-refractivity contribution >= 4 is 0 Å². The number of nitrogens with zero attached hydrogens (tertiary/aromatic N) is 1. The van der Waals surface area contributed by atoms with E-state index in [0.717, 1.165) is 5.92 Å². The van der Waals surface area contributed by atoms with Crippen molar-refractivity contribution in [1.29, 1.82) is 0 Å². The van der Waals surface area contributed by atoms with E-state index >= 15 is 0 Å². The molecule has 1 aromatic rings. The molecule has 1 aromatic carbocycles. The smallest absolute Gasteiger partial charge is 0.00130 e. The highest BCUT2D eigenvalue weighted by molar-refractivity contribution is 5.30. The van der Waals surface area contributed by atoms with Crippen molar-refractivity contribution in [2.45, 2.75) is 39.0 Å². The predicted molar refractivity (Wildman–Crippen MR) is 69.9 cm³/mol. The fourth-order valence-electron chi connectivity index (χ4n) is 2.81. The first-order valence-corrected chi connectivity index (χ1v) is 6.65. The van der Waals surface area contributed by atoms with Crippen molar-refractivity contribution in [3.8, 4) is 0 Å². The molecule has 1 heteroatoms. The Kier molecular flexibility index (Phi) is 4.00. The van der Waals surface area contributed by atoms with Crippen molar-refractivity contribution in [1.82, 2.24) is 4.90 Å². The Morgan fingerprint density at radius 3 is 2.44 bits per heavy atom. The van der Waals surface area contributed by atoms with Crippen LogP contribution in [0, 0.1) is 0 Å². The molecule has 0 radical (unpaired) electrons. The molecule has 1 aliphatic heterocycles. The molecule has 0 bridgehead atoms.